The molecule has 114 valence electrons. The number of aromatic amines is 1. The van der Waals surface area contributed by atoms with Crippen molar-refractivity contribution in [3.05, 3.63) is 33.3 Å². The fraction of sp³-hybridized carbons (Fsp3) is 0.333. The fourth-order valence-electron chi connectivity index (χ4n) is 1.85. The van der Waals surface area contributed by atoms with E-state index in [-0.39, 0.29) is 16.2 Å². The topological polar surface area (TPSA) is 42.8 Å². The molecule has 0 aliphatic rings. The van der Waals surface area contributed by atoms with Crippen molar-refractivity contribution in [3.8, 4) is 11.4 Å². The van der Waals surface area contributed by atoms with Crippen molar-refractivity contribution in [2.45, 2.75) is 26.1 Å². The number of rotatable bonds is 4. The van der Waals surface area contributed by atoms with Crippen LogP contribution in [0.5, 0.6) is 5.75 Å². The van der Waals surface area contributed by atoms with Crippen LogP contribution in [-0.4, -0.2) is 21.1 Å². The van der Waals surface area contributed by atoms with Crippen LogP contribution in [-0.2, 0) is 6.42 Å². The molecule has 1 aromatic heterocycles. The highest BCUT2D eigenvalue weighted by Crippen LogP contribution is 2.32. The monoisotopic (exact) mass is 381 g/mol. The Morgan fingerprint density at radius 3 is 2.76 bits per heavy atom. The molecule has 9 heteroatoms. The molecule has 0 amide bonds. The summed E-state index contributed by atoms with van der Waals surface area (Å²) in [4.78, 5) is 0. The summed E-state index contributed by atoms with van der Waals surface area (Å²) >= 11 is 8.23. The van der Waals surface area contributed by atoms with Crippen LogP contribution >= 0.6 is 28.1 Å². The highest BCUT2D eigenvalue weighted by molar-refractivity contribution is 9.10. The first-order valence-electron chi connectivity index (χ1n) is 6.04. The van der Waals surface area contributed by atoms with Gasteiger partial charge in [-0.3, -0.25) is 9.67 Å². The molecule has 2 aromatic rings. The lowest BCUT2D eigenvalue weighted by Gasteiger charge is -2.15. The van der Waals surface area contributed by atoms with Crippen molar-refractivity contribution in [2.24, 2.45) is 0 Å². The third-order valence-corrected chi connectivity index (χ3v) is 3.37. The molecular weight excluding hydrogens is 371 g/mol. The number of hydrogen-bond donors (Lipinski definition) is 1. The second kappa shape index (κ2) is 6.18. The molecule has 0 bridgehead atoms. The molecule has 0 atom stereocenters. The SMILES string of the molecule is CCCc1n[nH]c(=S)n1-c1ccc(Br)cc1OC(F)(F)F. The quantitative estimate of drug-likeness (QED) is 0.790. The van der Waals surface area contributed by atoms with Gasteiger partial charge in [0.05, 0.1) is 5.69 Å². The van der Waals surface area contributed by atoms with Crippen molar-refractivity contribution in [3.63, 3.8) is 0 Å². The van der Waals surface area contributed by atoms with Gasteiger partial charge in [-0.25, -0.2) is 0 Å². The maximum atomic E-state index is 12.5. The molecule has 0 aliphatic carbocycles. The summed E-state index contributed by atoms with van der Waals surface area (Å²) in [5.74, 6) is 0.212. The van der Waals surface area contributed by atoms with Crippen LogP contribution < -0.4 is 4.74 Å². The van der Waals surface area contributed by atoms with Gasteiger partial charge in [0, 0.05) is 10.9 Å². The molecule has 0 saturated carbocycles. The molecule has 2 rings (SSSR count). The lowest BCUT2D eigenvalue weighted by Crippen LogP contribution is -2.18. The van der Waals surface area contributed by atoms with E-state index in [2.05, 4.69) is 30.9 Å². The third-order valence-electron chi connectivity index (χ3n) is 2.60. The van der Waals surface area contributed by atoms with E-state index in [0.29, 0.717) is 16.7 Å². The Kier molecular flexibility index (Phi) is 4.72. The van der Waals surface area contributed by atoms with Crippen molar-refractivity contribution in [1.29, 1.82) is 0 Å². The molecule has 0 saturated heterocycles. The Balaban J connectivity index is 2.59. The first-order valence-corrected chi connectivity index (χ1v) is 7.24. The van der Waals surface area contributed by atoms with Crippen LogP contribution in [0.3, 0.4) is 0 Å². The van der Waals surface area contributed by atoms with Crippen LogP contribution in [0.2, 0.25) is 0 Å². The standard InChI is InChI=1S/C12H11BrF3N3OS/c1-2-3-10-17-18-11(21)19(10)8-5-4-7(13)6-9(8)20-12(14,15)16/h4-6H,2-3H2,1H3,(H,18,21). The lowest BCUT2D eigenvalue weighted by atomic mass is 10.2. The van der Waals surface area contributed by atoms with Gasteiger partial charge < -0.3 is 4.74 Å². The van der Waals surface area contributed by atoms with Crippen molar-refractivity contribution >= 4 is 28.1 Å². The predicted octanol–water partition coefficient (Wildman–Crippen LogP) is 4.54. The molecule has 0 spiro atoms. The van der Waals surface area contributed by atoms with Crippen molar-refractivity contribution in [1.82, 2.24) is 14.8 Å². The van der Waals surface area contributed by atoms with Gasteiger partial charge in [-0.15, -0.1) is 13.2 Å². The van der Waals surface area contributed by atoms with E-state index in [1.165, 1.54) is 16.7 Å². The zero-order valence-electron chi connectivity index (χ0n) is 10.9. The van der Waals surface area contributed by atoms with Crippen LogP contribution in [0.15, 0.2) is 22.7 Å². The molecule has 21 heavy (non-hydrogen) atoms. The molecule has 0 radical (unpaired) electrons. The number of ether oxygens (including phenoxy) is 1. The zero-order chi connectivity index (χ0) is 15.6. The average Bonchev–Trinajstić information content (AvgIpc) is 2.70. The van der Waals surface area contributed by atoms with Gasteiger partial charge in [0.1, 0.15) is 5.82 Å². The van der Waals surface area contributed by atoms with E-state index >= 15 is 0 Å². The van der Waals surface area contributed by atoms with E-state index in [1.807, 2.05) is 6.92 Å². The summed E-state index contributed by atoms with van der Waals surface area (Å²) in [5.41, 5.74) is 0.192. The molecule has 1 N–H and O–H groups in total. The Bertz CT molecular complexity index is 696. The lowest BCUT2D eigenvalue weighted by molar-refractivity contribution is -0.274. The van der Waals surface area contributed by atoms with Gasteiger partial charge >= 0.3 is 6.36 Å². The number of benzene rings is 1. The first-order chi connectivity index (χ1) is 9.81. The van der Waals surface area contributed by atoms with Crippen LogP contribution in [0, 0.1) is 4.77 Å². The Morgan fingerprint density at radius 2 is 2.14 bits per heavy atom. The first kappa shape index (κ1) is 16.0. The fourth-order valence-corrected chi connectivity index (χ4v) is 2.44. The molecule has 0 unspecified atom stereocenters. The van der Waals surface area contributed by atoms with Gasteiger partial charge in [-0.2, -0.15) is 5.10 Å². The Hall–Kier alpha value is -1.35. The number of hydrogen-bond acceptors (Lipinski definition) is 3. The number of aryl methyl sites for hydroxylation is 1. The van der Waals surface area contributed by atoms with Crippen LogP contribution in [0.1, 0.15) is 19.2 Å². The summed E-state index contributed by atoms with van der Waals surface area (Å²) < 4.78 is 43.9. The van der Waals surface area contributed by atoms with Gasteiger partial charge in [0.2, 0.25) is 0 Å². The number of alkyl halides is 3. The van der Waals surface area contributed by atoms with E-state index in [4.69, 9.17) is 12.2 Å². The van der Waals surface area contributed by atoms with Crippen LogP contribution in [0.4, 0.5) is 13.2 Å². The molecule has 0 fully saturated rings. The van der Waals surface area contributed by atoms with Gasteiger partial charge in [0.15, 0.2) is 10.5 Å². The normalized spacial score (nSPS) is 11.7. The Labute approximate surface area is 132 Å². The summed E-state index contributed by atoms with van der Waals surface area (Å²) in [6, 6.07) is 4.35. The zero-order valence-corrected chi connectivity index (χ0v) is 13.3. The molecule has 1 aromatic carbocycles. The summed E-state index contributed by atoms with van der Waals surface area (Å²) in [7, 11) is 0. The highest BCUT2D eigenvalue weighted by atomic mass is 79.9. The Morgan fingerprint density at radius 1 is 1.43 bits per heavy atom. The largest absolute Gasteiger partial charge is 0.573 e. The second-order valence-electron chi connectivity index (χ2n) is 4.19. The van der Waals surface area contributed by atoms with Gasteiger partial charge in [-0.1, -0.05) is 22.9 Å². The summed E-state index contributed by atoms with van der Waals surface area (Å²) in [5, 5.41) is 6.63. The maximum absolute atomic E-state index is 12.5. The number of nitrogens with zero attached hydrogens (tertiary/aromatic N) is 2. The molecule has 1 heterocycles. The van der Waals surface area contributed by atoms with E-state index in [0.717, 1.165) is 6.42 Å². The highest BCUT2D eigenvalue weighted by Gasteiger charge is 2.32. The number of aromatic nitrogens is 3. The number of halogens is 4. The van der Waals surface area contributed by atoms with Gasteiger partial charge in [0.25, 0.3) is 0 Å². The van der Waals surface area contributed by atoms with Crippen molar-refractivity contribution < 1.29 is 17.9 Å². The number of nitrogens with one attached hydrogen (secondary N) is 1. The minimum absolute atomic E-state index is 0.192. The van der Waals surface area contributed by atoms with Crippen LogP contribution in [0.25, 0.3) is 5.69 Å². The summed E-state index contributed by atoms with van der Waals surface area (Å²) in [6.07, 6.45) is -3.42. The minimum Gasteiger partial charge on any atom is -0.403 e. The molecule has 4 nitrogen and oxygen atoms in total. The maximum Gasteiger partial charge on any atom is 0.573 e. The van der Waals surface area contributed by atoms with Gasteiger partial charge in [-0.05, 0) is 36.8 Å². The minimum atomic E-state index is -4.79. The van der Waals surface area contributed by atoms with E-state index in [9.17, 15) is 13.2 Å². The molecule has 0 aliphatic heterocycles. The molecular formula is C12H11BrF3N3OS. The summed E-state index contributed by atoms with van der Waals surface area (Å²) in [6.45, 7) is 1.94. The average molecular weight is 382 g/mol. The predicted molar refractivity (Wildman–Crippen MR) is 77.1 cm³/mol. The van der Waals surface area contributed by atoms with E-state index < -0.39 is 6.36 Å². The number of H-pyrrole nitrogens is 1. The van der Waals surface area contributed by atoms with Crippen molar-refractivity contribution in [2.75, 3.05) is 0 Å². The van der Waals surface area contributed by atoms with E-state index in [1.54, 1.807) is 6.07 Å². The second-order valence-corrected chi connectivity index (χ2v) is 5.49. The smallest absolute Gasteiger partial charge is 0.403 e. The third kappa shape index (κ3) is 3.85.